The van der Waals surface area contributed by atoms with Gasteiger partial charge in [-0.25, -0.2) is 9.59 Å². The van der Waals surface area contributed by atoms with Crippen LogP contribution in [0, 0.1) is 5.92 Å². The number of hydrogen-bond acceptors (Lipinski definition) is 8. The number of allylic oxidation sites excluding steroid dienone is 2. The minimum absolute atomic E-state index is 0.290. The van der Waals surface area contributed by atoms with E-state index in [-0.39, 0.29) is 0 Å². The lowest BCUT2D eigenvalue weighted by atomic mass is 9.78. The van der Waals surface area contributed by atoms with Crippen molar-refractivity contribution in [3.8, 4) is 0 Å². The second kappa shape index (κ2) is 5.08. The third-order valence-electron chi connectivity index (χ3n) is 4.30. The van der Waals surface area contributed by atoms with Crippen molar-refractivity contribution in [3.63, 3.8) is 0 Å². The molecule has 0 aromatic rings. The van der Waals surface area contributed by atoms with Gasteiger partial charge in [0.25, 0.3) is 0 Å². The molecule has 3 rings (SSSR count). The standard InChI is InChI=1S/C14H17NO7/c1-4-7-9-8(5(2)15-4)14(20)22-12(10(18)6(17)3-16)11(9)21-13(7)19/h6,9-12,15-18H,3H2,1-2H3. The van der Waals surface area contributed by atoms with E-state index < -0.39 is 48.9 Å². The predicted octanol–water partition coefficient (Wildman–Crippen LogP) is -1.68. The SMILES string of the molecule is CC1=C2C(=O)OC3C2C(=C(C)N1)C(=O)OC3C(O)C(O)CO. The fraction of sp³-hybridized carbons (Fsp3) is 0.571. The number of aliphatic hydroxyl groups is 3. The number of cyclic esters (lactones) is 1. The molecule has 0 bridgehead atoms. The number of esters is 2. The van der Waals surface area contributed by atoms with E-state index in [4.69, 9.17) is 14.6 Å². The van der Waals surface area contributed by atoms with Crippen molar-refractivity contribution >= 4 is 11.9 Å². The zero-order chi connectivity index (χ0) is 16.2. The lowest BCUT2D eigenvalue weighted by molar-refractivity contribution is -0.185. The zero-order valence-corrected chi connectivity index (χ0v) is 12.1. The van der Waals surface area contributed by atoms with Gasteiger partial charge in [-0.1, -0.05) is 0 Å². The Bertz CT molecular complexity index is 608. The number of dihydropyridines is 1. The first kappa shape index (κ1) is 15.0. The minimum atomic E-state index is -1.55. The van der Waals surface area contributed by atoms with Crippen LogP contribution in [0.15, 0.2) is 22.5 Å². The second-order valence-electron chi connectivity index (χ2n) is 5.66. The van der Waals surface area contributed by atoms with E-state index in [0.717, 1.165) is 0 Å². The summed E-state index contributed by atoms with van der Waals surface area (Å²) in [4.78, 5) is 24.3. The number of carbonyl (C=O) groups excluding carboxylic acids is 2. The first-order valence-corrected chi connectivity index (χ1v) is 6.94. The summed E-state index contributed by atoms with van der Waals surface area (Å²) in [6.45, 7) is 2.69. The molecule has 0 aliphatic carbocycles. The van der Waals surface area contributed by atoms with E-state index in [2.05, 4.69) is 5.32 Å². The van der Waals surface area contributed by atoms with Crippen molar-refractivity contribution in [1.29, 1.82) is 0 Å². The van der Waals surface area contributed by atoms with Crippen LogP contribution in [-0.4, -0.2) is 58.3 Å². The minimum Gasteiger partial charge on any atom is -0.454 e. The lowest BCUT2D eigenvalue weighted by Gasteiger charge is -2.38. The summed E-state index contributed by atoms with van der Waals surface area (Å²) in [5, 5.41) is 31.6. The fourth-order valence-electron chi connectivity index (χ4n) is 3.27. The van der Waals surface area contributed by atoms with Gasteiger partial charge in [0.1, 0.15) is 12.2 Å². The van der Waals surface area contributed by atoms with Crippen molar-refractivity contribution in [2.45, 2.75) is 38.3 Å². The Morgan fingerprint density at radius 1 is 1.09 bits per heavy atom. The van der Waals surface area contributed by atoms with Crippen LogP contribution in [0.2, 0.25) is 0 Å². The van der Waals surface area contributed by atoms with Gasteiger partial charge in [0, 0.05) is 11.4 Å². The highest BCUT2D eigenvalue weighted by Gasteiger charge is 2.57. The number of carbonyl (C=O) groups is 2. The third kappa shape index (κ3) is 1.95. The first-order chi connectivity index (χ1) is 10.4. The molecule has 0 radical (unpaired) electrons. The molecule has 0 saturated carbocycles. The highest BCUT2D eigenvalue weighted by molar-refractivity contribution is 6.01. The van der Waals surface area contributed by atoms with Crippen LogP contribution in [0.1, 0.15) is 13.8 Å². The third-order valence-corrected chi connectivity index (χ3v) is 4.30. The van der Waals surface area contributed by atoms with Crippen molar-refractivity contribution in [2.24, 2.45) is 5.92 Å². The quantitative estimate of drug-likeness (QED) is 0.455. The molecule has 0 spiro atoms. The van der Waals surface area contributed by atoms with Gasteiger partial charge in [-0.3, -0.25) is 0 Å². The molecular formula is C14H17NO7. The zero-order valence-electron chi connectivity index (χ0n) is 12.1. The lowest BCUT2D eigenvalue weighted by Crippen LogP contribution is -2.54. The smallest absolute Gasteiger partial charge is 0.337 e. The Morgan fingerprint density at radius 2 is 1.64 bits per heavy atom. The van der Waals surface area contributed by atoms with E-state index in [1.807, 2.05) is 0 Å². The van der Waals surface area contributed by atoms with Crippen molar-refractivity contribution < 1.29 is 34.4 Å². The molecule has 5 atom stereocenters. The normalized spacial score (nSPS) is 33.0. The highest BCUT2D eigenvalue weighted by atomic mass is 16.6. The molecule has 3 aliphatic rings. The van der Waals surface area contributed by atoms with Gasteiger partial charge in [-0.05, 0) is 13.8 Å². The maximum absolute atomic E-state index is 12.2. The van der Waals surface area contributed by atoms with Crippen LogP contribution in [0.25, 0.3) is 0 Å². The van der Waals surface area contributed by atoms with Crippen molar-refractivity contribution in [1.82, 2.24) is 5.32 Å². The molecule has 3 heterocycles. The summed E-state index contributed by atoms with van der Waals surface area (Å²) >= 11 is 0. The summed E-state index contributed by atoms with van der Waals surface area (Å²) in [6.07, 6.45) is -5.20. The van der Waals surface area contributed by atoms with Gasteiger partial charge in [-0.15, -0.1) is 0 Å². The fourth-order valence-corrected chi connectivity index (χ4v) is 3.27. The summed E-state index contributed by atoms with van der Waals surface area (Å²) in [7, 11) is 0. The molecule has 0 amide bonds. The van der Waals surface area contributed by atoms with Gasteiger partial charge in [0.15, 0.2) is 12.2 Å². The number of aliphatic hydroxyl groups excluding tert-OH is 3. The van der Waals surface area contributed by atoms with Crippen LogP contribution in [0.4, 0.5) is 0 Å². The number of ether oxygens (including phenoxy) is 2. The van der Waals surface area contributed by atoms with Gasteiger partial charge >= 0.3 is 11.9 Å². The van der Waals surface area contributed by atoms with Crippen molar-refractivity contribution in [3.05, 3.63) is 22.5 Å². The maximum atomic E-state index is 12.2. The predicted molar refractivity (Wildman–Crippen MR) is 70.9 cm³/mol. The van der Waals surface area contributed by atoms with E-state index in [1.54, 1.807) is 13.8 Å². The van der Waals surface area contributed by atoms with Gasteiger partial charge in [0.05, 0.1) is 23.7 Å². The molecule has 4 N–H and O–H groups in total. The van der Waals surface area contributed by atoms with Crippen LogP contribution in [-0.2, 0) is 19.1 Å². The molecule has 0 aromatic heterocycles. The summed E-state index contributed by atoms with van der Waals surface area (Å²) in [5.74, 6) is -1.90. The molecule has 3 aliphatic heterocycles. The molecule has 0 aromatic carbocycles. The van der Waals surface area contributed by atoms with Crippen LogP contribution in [0.5, 0.6) is 0 Å². The van der Waals surface area contributed by atoms with E-state index >= 15 is 0 Å². The van der Waals surface area contributed by atoms with Crippen LogP contribution < -0.4 is 5.32 Å². The average molecular weight is 311 g/mol. The number of rotatable bonds is 3. The summed E-state index contributed by atoms with van der Waals surface area (Å²) in [6, 6.07) is 0. The number of nitrogens with one attached hydrogen (secondary N) is 1. The average Bonchev–Trinajstić information content (AvgIpc) is 2.81. The topological polar surface area (TPSA) is 125 Å². The van der Waals surface area contributed by atoms with E-state index in [9.17, 15) is 19.8 Å². The molecule has 120 valence electrons. The Kier molecular flexibility index (Phi) is 3.47. The molecule has 8 nitrogen and oxygen atoms in total. The molecular weight excluding hydrogens is 294 g/mol. The van der Waals surface area contributed by atoms with Gasteiger partial charge in [-0.2, -0.15) is 0 Å². The van der Waals surface area contributed by atoms with Gasteiger partial charge < -0.3 is 30.1 Å². The molecule has 2 fully saturated rings. The Labute approximate surface area is 126 Å². The highest BCUT2D eigenvalue weighted by Crippen LogP contribution is 2.45. The first-order valence-electron chi connectivity index (χ1n) is 6.94. The Hall–Kier alpha value is -1.90. The van der Waals surface area contributed by atoms with Crippen LogP contribution in [0.3, 0.4) is 0 Å². The van der Waals surface area contributed by atoms with Crippen LogP contribution >= 0.6 is 0 Å². The summed E-state index contributed by atoms with van der Waals surface area (Å²) in [5.41, 5.74) is 1.77. The van der Waals surface area contributed by atoms with E-state index in [1.165, 1.54) is 0 Å². The maximum Gasteiger partial charge on any atom is 0.337 e. The monoisotopic (exact) mass is 311 g/mol. The molecule has 22 heavy (non-hydrogen) atoms. The van der Waals surface area contributed by atoms with Crippen molar-refractivity contribution in [2.75, 3.05) is 6.61 Å². The molecule has 2 saturated heterocycles. The summed E-state index contributed by atoms with van der Waals surface area (Å²) < 4.78 is 10.4. The largest absolute Gasteiger partial charge is 0.454 e. The van der Waals surface area contributed by atoms with E-state index in [0.29, 0.717) is 22.5 Å². The molecule has 8 heteroatoms. The Balaban J connectivity index is 2.04. The second-order valence-corrected chi connectivity index (χ2v) is 5.66. The number of hydrogen-bond donors (Lipinski definition) is 4. The van der Waals surface area contributed by atoms with Gasteiger partial charge in [0.2, 0.25) is 0 Å². The Morgan fingerprint density at radius 3 is 2.18 bits per heavy atom. The molecule has 5 unspecified atom stereocenters.